The van der Waals surface area contributed by atoms with Crippen LogP contribution in [0.25, 0.3) is 5.57 Å². The molecule has 2 heterocycles. The van der Waals surface area contributed by atoms with Crippen LogP contribution in [0, 0.1) is 20.8 Å². The number of esters is 1. The maximum absolute atomic E-state index is 12.2. The number of carbonyl (C=O) groups is 1. The lowest BCUT2D eigenvalue weighted by Gasteiger charge is -2.19. The van der Waals surface area contributed by atoms with Gasteiger partial charge in [-0.25, -0.2) is 4.79 Å². The van der Waals surface area contributed by atoms with Gasteiger partial charge >= 0.3 is 5.97 Å². The highest BCUT2D eigenvalue weighted by Gasteiger charge is 2.51. The summed E-state index contributed by atoms with van der Waals surface area (Å²) in [7, 11) is 0. The highest BCUT2D eigenvalue weighted by atomic mass is 16.6. The number of rotatable bonds is 1. The van der Waals surface area contributed by atoms with Gasteiger partial charge in [0, 0.05) is 6.42 Å². The third-order valence-electron chi connectivity index (χ3n) is 4.07. The van der Waals surface area contributed by atoms with Crippen molar-refractivity contribution in [1.29, 1.82) is 0 Å². The maximum atomic E-state index is 12.2. The van der Waals surface area contributed by atoms with E-state index >= 15 is 0 Å². The van der Waals surface area contributed by atoms with Crippen molar-refractivity contribution in [2.24, 2.45) is 0 Å². The maximum Gasteiger partial charge on any atom is 0.343 e. The Kier molecular flexibility index (Phi) is 2.87. The molecule has 1 saturated heterocycles. The normalized spacial score (nSPS) is 25.6. The summed E-state index contributed by atoms with van der Waals surface area (Å²) in [5.74, 6) is -0.432. The lowest BCUT2D eigenvalue weighted by atomic mass is 9.90. The largest absolute Gasteiger partial charge is 0.507 e. The zero-order valence-electron chi connectivity index (χ0n) is 11.9. The third kappa shape index (κ3) is 1.75. The van der Waals surface area contributed by atoms with Gasteiger partial charge in [-0.05, 0) is 37.5 Å². The number of ether oxygens (including phenoxy) is 2. The molecule has 1 atom stereocenters. The third-order valence-corrected chi connectivity index (χ3v) is 4.07. The van der Waals surface area contributed by atoms with Crippen LogP contribution in [0.1, 0.15) is 28.7 Å². The number of aryl methyl sites for hydroxylation is 3. The van der Waals surface area contributed by atoms with Crippen molar-refractivity contribution < 1.29 is 19.4 Å². The van der Waals surface area contributed by atoms with E-state index in [9.17, 15) is 9.90 Å². The Balaban J connectivity index is 2.19. The molecule has 1 fully saturated rings. The van der Waals surface area contributed by atoms with Crippen molar-refractivity contribution in [3.05, 3.63) is 40.1 Å². The van der Waals surface area contributed by atoms with Crippen LogP contribution in [0.4, 0.5) is 0 Å². The molecular formula is C16H18O4. The first-order chi connectivity index (χ1) is 9.44. The lowest BCUT2D eigenvalue weighted by Crippen LogP contribution is -2.32. The number of aliphatic hydroxyl groups excluding tert-OH is 1. The first-order valence-electron chi connectivity index (χ1n) is 6.78. The van der Waals surface area contributed by atoms with Gasteiger partial charge < -0.3 is 14.6 Å². The van der Waals surface area contributed by atoms with E-state index in [0.717, 1.165) is 22.3 Å². The van der Waals surface area contributed by atoms with Gasteiger partial charge in [-0.15, -0.1) is 0 Å². The van der Waals surface area contributed by atoms with E-state index in [4.69, 9.17) is 9.47 Å². The molecule has 0 bridgehead atoms. The van der Waals surface area contributed by atoms with E-state index < -0.39 is 11.6 Å². The van der Waals surface area contributed by atoms with Crippen LogP contribution in [0.5, 0.6) is 0 Å². The second-order valence-corrected chi connectivity index (χ2v) is 5.68. The smallest absolute Gasteiger partial charge is 0.343 e. The summed E-state index contributed by atoms with van der Waals surface area (Å²) in [5, 5.41) is 10.5. The summed E-state index contributed by atoms with van der Waals surface area (Å²) in [6, 6.07) is 4.01. The molecule has 1 unspecified atom stereocenters. The van der Waals surface area contributed by atoms with Gasteiger partial charge in [-0.1, -0.05) is 17.7 Å². The predicted molar refractivity (Wildman–Crippen MR) is 74.5 cm³/mol. The van der Waals surface area contributed by atoms with Gasteiger partial charge in [-0.2, -0.15) is 0 Å². The molecule has 2 aliphatic heterocycles. The van der Waals surface area contributed by atoms with Gasteiger partial charge in [0.1, 0.15) is 5.57 Å². The Labute approximate surface area is 118 Å². The molecule has 1 aromatic rings. The summed E-state index contributed by atoms with van der Waals surface area (Å²) in [4.78, 5) is 12.2. The van der Waals surface area contributed by atoms with Crippen molar-refractivity contribution in [2.75, 3.05) is 13.2 Å². The molecule has 0 amide bonds. The number of carbonyl (C=O) groups excluding carboxylic acids is 1. The lowest BCUT2D eigenvalue weighted by molar-refractivity contribution is -0.146. The zero-order chi connectivity index (χ0) is 14.5. The first-order valence-corrected chi connectivity index (χ1v) is 6.78. The Morgan fingerprint density at radius 1 is 1.20 bits per heavy atom. The number of benzene rings is 1. The highest BCUT2D eigenvalue weighted by Crippen LogP contribution is 2.42. The summed E-state index contributed by atoms with van der Waals surface area (Å²) in [6.45, 7) is 6.63. The molecule has 1 aromatic carbocycles. The topological polar surface area (TPSA) is 55.8 Å². The average molecular weight is 274 g/mol. The van der Waals surface area contributed by atoms with Crippen LogP contribution in [0.3, 0.4) is 0 Å². The van der Waals surface area contributed by atoms with E-state index in [1.165, 1.54) is 0 Å². The van der Waals surface area contributed by atoms with Crippen LogP contribution in [0.15, 0.2) is 17.9 Å². The summed E-state index contributed by atoms with van der Waals surface area (Å²) < 4.78 is 10.7. The van der Waals surface area contributed by atoms with Gasteiger partial charge in [0.15, 0.2) is 11.4 Å². The molecule has 1 N–H and O–H groups in total. The zero-order valence-corrected chi connectivity index (χ0v) is 11.9. The SMILES string of the molecule is Cc1cc(C)c(C2=C(O)C3(CCOC3)OC2=O)c(C)c1. The van der Waals surface area contributed by atoms with Crippen LogP contribution in [-0.2, 0) is 14.3 Å². The Morgan fingerprint density at radius 2 is 1.85 bits per heavy atom. The minimum absolute atomic E-state index is 0.0232. The first kappa shape index (κ1) is 13.2. The number of hydrogen-bond acceptors (Lipinski definition) is 4. The van der Waals surface area contributed by atoms with Crippen LogP contribution in [-0.4, -0.2) is 29.9 Å². The molecule has 20 heavy (non-hydrogen) atoms. The van der Waals surface area contributed by atoms with Crippen molar-refractivity contribution in [1.82, 2.24) is 0 Å². The van der Waals surface area contributed by atoms with Crippen LogP contribution < -0.4 is 0 Å². The summed E-state index contributed by atoms with van der Waals surface area (Å²) >= 11 is 0. The molecule has 2 aliphatic rings. The molecule has 3 rings (SSSR count). The van der Waals surface area contributed by atoms with E-state index in [1.54, 1.807) is 0 Å². The van der Waals surface area contributed by atoms with Gasteiger partial charge in [-0.3, -0.25) is 0 Å². The molecule has 0 aliphatic carbocycles. The second kappa shape index (κ2) is 4.35. The summed E-state index contributed by atoms with van der Waals surface area (Å²) in [6.07, 6.45) is 0.512. The standard InChI is InChI=1S/C16H18O4/c1-9-6-10(2)12(11(3)7-9)13-14(17)16(20-15(13)18)4-5-19-8-16/h6-7,17H,4-5,8H2,1-3H3. The summed E-state index contributed by atoms with van der Waals surface area (Å²) in [5.41, 5.74) is 3.19. The molecule has 4 heteroatoms. The number of aliphatic hydroxyl groups is 1. The fourth-order valence-electron chi connectivity index (χ4n) is 3.21. The Hall–Kier alpha value is -1.81. The molecule has 4 nitrogen and oxygen atoms in total. The van der Waals surface area contributed by atoms with Crippen LogP contribution in [0.2, 0.25) is 0 Å². The molecular weight excluding hydrogens is 256 g/mol. The van der Waals surface area contributed by atoms with Gasteiger partial charge in [0.25, 0.3) is 0 Å². The van der Waals surface area contributed by atoms with Crippen molar-refractivity contribution in [2.45, 2.75) is 32.8 Å². The second-order valence-electron chi connectivity index (χ2n) is 5.68. The van der Waals surface area contributed by atoms with E-state index in [0.29, 0.717) is 18.6 Å². The Morgan fingerprint density at radius 3 is 2.40 bits per heavy atom. The Bertz CT molecular complexity index is 598. The molecule has 106 valence electrons. The molecule has 0 aromatic heterocycles. The average Bonchev–Trinajstić information content (AvgIpc) is 2.89. The fourth-order valence-corrected chi connectivity index (χ4v) is 3.21. The fraction of sp³-hybridized carbons (Fsp3) is 0.438. The van der Waals surface area contributed by atoms with Crippen LogP contribution >= 0.6 is 0 Å². The minimum Gasteiger partial charge on any atom is -0.507 e. The van der Waals surface area contributed by atoms with Gasteiger partial charge in [0.2, 0.25) is 0 Å². The molecule has 0 saturated carbocycles. The number of hydrogen-bond donors (Lipinski definition) is 1. The van der Waals surface area contributed by atoms with E-state index in [1.807, 2.05) is 32.9 Å². The quantitative estimate of drug-likeness (QED) is 0.800. The molecule has 0 radical (unpaired) electrons. The monoisotopic (exact) mass is 274 g/mol. The highest BCUT2D eigenvalue weighted by molar-refractivity contribution is 6.20. The van der Waals surface area contributed by atoms with Crippen molar-refractivity contribution >= 4 is 11.5 Å². The predicted octanol–water partition coefficient (Wildman–Crippen LogP) is 2.60. The van der Waals surface area contributed by atoms with Gasteiger partial charge in [0.05, 0.1) is 13.2 Å². The van der Waals surface area contributed by atoms with Crippen molar-refractivity contribution in [3.63, 3.8) is 0 Å². The molecule has 1 spiro atoms. The van der Waals surface area contributed by atoms with Crippen molar-refractivity contribution in [3.8, 4) is 0 Å². The minimum atomic E-state index is -0.962. The van der Waals surface area contributed by atoms with E-state index in [-0.39, 0.29) is 12.4 Å². The van der Waals surface area contributed by atoms with E-state index in [2.05, 4.69) is 0 Å².